The minimum Gasteiger partial charge on any atom is -0.376 e. The Balaban J connectivity index is 1.39. The summed E-state index contributed by atoms with van der Waals surface area (Å²) < 4.78 is 13.5. The number of carbonyl (C=O) groups is 1. The van der Waals surface area contributed by atoms with Gasteiger partial charge in [-0.1, -0.05) is 0 Å². The average Bonchev–Trinajstić information content (AvgIpc) is 3.16. The van der Waals surface area contributed by atoms with Gasteiger partial charge in [-0.25, -0.2) is 4.98 Å². The van der Waals surface area contributed by atoms with Crippen molar-refractivity contribution in [1.82, 2.24) is 19.4 Å². The largest absolute Gasteiger partial charge is 0.376 e. The molecule has 0 aliphatic carbocycles. The summed E-state index contributed by atoms with van der Waals surface area (Å²) in [6.07, 6.45) is 9.43. The van der Waals surface area contributed by atoms with Gasteiger partial charge in [0.25, 0.3) is 0 Å². The standard InChI is InChI=1S/C20H34N4O3/c1-22(2)12-13-24-11-8-21-20(24)17-6-9-23(10-7-17)19(25)16-26-15-18-5-3-4-14-27-18/h8,11,17-18H,3-7,9-10,12-16H2,1-2H3. The average molecular weight is 379 g/mol. The summed E-state index contributed by atoms with van der Waals surface area (Å²) in [6.45, 7) is 5.05. The summed E-state index contributed by atoms with van der Waals surface area (Å²) in [5.74, 6) is 1.69. The second kappa shape index (κ2) is 10.2. The highest BCUT2D eigenvalue weighted by Gasteiger charge is 2.26. The molecule has 2 saturated heterocycles. The Hall–Kier alpha value is -1.44. The van der Waals surface area contributed by atoms with Gasteiger partial charge in [0.2, 0.25) is 5.91 Å². The molecule has 1 amide bonds. The molecular weight excluding hydrogens is 344 g/mol. The predicted molar refractivity (Wildman–Crippen MR) is 104 cm³/mol. The summed E-state index contributed by atoms with van der Waals surface area (Å²) >= 11 is 0. The first-order chi connectivity index (χ1) is 13.1. The molecule has 2 fully saturated rings. The number of ether oxygens (including phenoxy) is 2. The molecular formula is C20H34N4O3. The van der Waals surface area contributed by atoms with E-state index in [1.807, 2.05) is 11.1 Å². The van der Waals surface area contributed by atoms with Gasteiger partial charge in [-0.05, 0) is 46.2 Å². The smallest absolute Gasteiger partial charge is 0.248 e. The lowest BCUT2D eigenvalue weighted by atomic mass is 9.96. The zero-order valence-corrected chi connectivity index (χ0v) is 16.8. The lowest BCUT2D eigenvalue weighted by molar-refractivity contribution is -0.139. The number of likely N-dealkylation sites (tertiary alicyclic amines) is 1. The molecule has 1 atom stereocenters. The topological polar surface area (TPSA) is 59.8 Å². The Morgan fingerprint density at radius 2 is 2.11 bits per heavy atom. The molecule has 0 spiro atoms. The number of aromatic nitrogens is 2. The Labute approximate surface area is 162 Å². The Morgan fingerprint density at radius 3 is 2.81 bits per heavy atom. The molecule has 2 aliphatic rings. The van der Waals surface area contributed by atoms with Crippen LogP contribution in [0.1, 0.15) is 43.8 Å². The lowest BCUT2D eigenvalue weighted by Crippen LogP contribution is -2.41. The van der Waals surface area contributed by atoms with Gasteiger partial charge in [0, 0.05) is 51.1 Å². The number of carbonyl (C=O) groups excluding carboxylic acids is 1. The fraction of sp³-hybridized carbons (Fsp3) is 0.800. The van der Waals surface area contributed by atoms with Gasteiger partial charge in [0.05, 0.1) is 12.7 Å². The maximum absolute atomic E-state index is 12.4. The Morgan fingerprint density at radius 1 is 1.30 bits per heavy atom. The summed E-state index contributed by atoms with van der Waals surface area (Å²) in [6, 6.07) is 0. The zero-order chi connectivity index (χ0) is 19.1. The van der Waals surface area contributed by atoms with Crippen LogP contribution in [0.2, 0.25) is 0 Å². The second-order valence-corrected chi connectivity index (χ2v) is 7.94. The first-order valence-electron chi connectivity index (χ1n) is 10.3. The van der Waals surface area contributed by atoms with Crippen LogP contribution >= 0.6 is 0 Å². The first-order valence-corrected chi connectivity index (χ1v) is 10.3. The molecule has 1 aromatic rings. The zero-order valence-electron chi connectivity index (χ0n) is 16.8. The van der Waals surface area contributed by atoms with Crippen molar-refractivity contribution < 1.29 is 14.3 Å². The quantitative estimate of drug-likeness (QED) is 0.690. The fourth-order valence-corrected chi connectivity index (χ4v) is 3.87. The highest BCUT2D eigenvalue weighted by Crippen LogP contribution is 2.27. The van der Waals surface area contributed by atoms with Crippen LogP contribution in [0.5, 0.6) is 0 Å². The van der Waals surface area contributed by atoms with E-state index in [2.05, 4.69) is 34.7 Å². The normalized spacial score (nSPS) is 21.7. The molecule has 0 bridgehead atoms. The van der Waals surface area contributed by atoms with Gasteiger partial charge in [0.15, 0.2) is 0 Å². The van der Waals surface area contributed by atoms with Crippen molar-refractivity contribution in [2.24, 2.45) is 0 Å². The Kier molecular flexibility index (Phi) is 7.67. The predicted octanol–water partition coefficient (Wildman–Crippen LogP) is 1.74. The van der Waals surface area contributed by atoms with Crippen LogP contribution in [-0.2, 0) is 20.8 Å². The van der Waals surface area contributed by atoms with Gasteiger partial charge >= 0.3 is 0 Å². The van der Waals surface area contributed by atoms with Crippen molar-refractivity contribution >= 4 is 5.91 Å². The van der Waals surface area contributed by atoms with Crippen molar-refractivity contribution in [1.29, 1.82) is 0 Å². The monoisotopic (exact) mass is 378 g/mol. The number of amides is 1. The van der Waals surface area contributed by atoms with Crippen LogP contribution in [0, 0.1) is 0 Å². The highest BCUT2D eigenvalue weighted by atomic mass is 16.5. The molecule has 7 nitrogen and oxygen atoms in total. The molecule has 0 aromatic carbocycles. The molecule has 3 heterocycles. The van der Waals surface area contributed by atoms with E-state index < -0.39 is 0 Å². The molecule has 1 aromatic heterocycles. The van der Waals surface area contributed by atoms with E-state index in [1.54, 1.807) is 0 Å². The van der Waals surface area contributed by atoms with E-state index >= 15 is 0 Å². The van der Waals surface area contributed by atoms with E-state index in [0.29, 0.717) is 12.5 Å². The van der Waals surface area contributed by atoms with Crippen LogP contribution in [0.15, 0.2) is 12.4 Å². The highest BCUT2D eigenvalue weighted by molar-refractivity contribution is 5.77. The SMILES string of the molecule is CN(C)CCn1ccnc1C1CCN(C(=O)COCC2CCCCO2)CC1. The minimum absolute atomic E-state index is 0.0974. The summed E-state index contributed by atoms with van der Waals surface area (Å²) in [4.78, 5) is 21.1. The van der Waals surface area contributed by atoms with E-state index in [0.717, 1.165) is 64.3 Å². The van der Waals surface area contributed by atoms with Crippen molar-refractivity contribution in [3.05, 3.63) is 18.2 Å². The van der Waals surface area contributed by atoms with Crippen LogP contribution in [-0.4, -0.2) is 84.9 Å². The fourth-order valence-electron chi connectivity index (χ4n) is 3.87. The third-order valence-corrected chi connectivity index (χ3v) is 5.55. The molecule has 1 unspecified atom stereocenters. The van der Waals surface area contributed by atoms with Gasteiger partial charge < -0.3 is 23.8 Å². The van der Waals surface area contributed by atoms with Crippen molar-refractivity contribution in [3.63, 3.8) is 0 Å². The third kappa shape index (κ3) is 6.02. The summed E-state index contributed by atoms with van der Waals surface area (Å²) in [5.41, 5.74) is 0. The number of likely N-dealkylation sites (N-methyl/N-ethyl adjacent to an activating group) is 1. The van der Waals surface area contributed by atoms with Crippen molar-refractivity contribution in [2.45, 2.75) is 50.7 Å². The number of hydrogen-bond acceptors (Lipinski definition) is 5. The van der Waals surface area contributed by atoms with Gasteiger partial charge in [0.1, 0.15) is 12.4 Å². The maximum atomic E-state index is 12.4. The number of rotatable bonds is 8. The number of nitrogens with zero attached hydrogens (tertiary/aromatic N) is 4. The molecule has 152 valence electrons. The van der Waals surface area contributed by atoms with E-state index in [9.17, 15) is 4.79 Å². The first kappa shape index (κ1) is 20.3. The minimum atomic E-state index is 0.0974. The van der Waals surface area contributed by atoms with E-state index in [4.69, 9.17) is 9.47 Å². The molecule has 2 aliphatic heterocycles. The summed E-state index contributed by atoms with van der Waals surface area (Å²) in [5, 5.41) is 0. The van der Waals surface area contributed by atoms with Crippen LogP contribution in [0.4, 0.5) is 0 Å². The van der Waals surface area contributed by atoms with E-state index in [1.165, 1.54) is 6.42 Å². The molecule has 0 N–H and O–H groups in total. The Bertz CT molecular complexity index is 576. The maximum Gasteiger partial charge on any atom is 0.248 e. The van der Waals surface area contributed by atoms with Gasteiger partial charge in [-0.15, -0.1) is 0 Å². The van der Waals surface area contributed by atoms with Crippen molar-refractivity contribution in [2.75, 3.05) is 53.6 Å². The molecule has 7 heteroatoms. The van der Waals surface area contributed by atoms with Crippen LogP contribution in [0.3, 0.4) is 0 Å². The van der Waals surface area contributed by atoms with Crippen molar-refractivity contribution in [3.8, 4) is 0 Å². The van der Waals surface area contributed by atoms with E-state index in [-0.39, 0.29) is 18.6 Å². The molecule has 0 radical (unpaired) electrons. The van der Waals surface area contributed by atoms with Crippen LogP contribution < -0.4 is 0 Å². The third-order valence-electron chi connectivity index (χ3n) is 5.55. The molecule has 27 heavy (non-hydrogen) atoms. The second-order valence-electron chi connectivity index (χ2n) is 7.94. The molecule has 0 saturated carbocycles. The lowest BCUT2D eigenvalue weighted by Gasteiger charge is -2.32. The number of piperidine rings is 1. The van der Waals surface area contributed by atoms with Gasteiger partial charge in [-0.3, -0.25) is 4.79 Å². The summed E-state index contributed by atoms with van der Waals surface area (Å²) in [7, 11) is 4.17. The number of hydrogen-bond donors (Lipinski definition) is 0. The molecule has 3 rings (SSSR count). The van der Waals surface area contributed by atoms with Crippen LogP contribution in [0.25, 0.3) is 0 Å². The van der Waals surface area contributed by atoms with Gasteiger partial charge in [-0.2, -0.15) is 0 Å². The number of imidazole rings is 1.